The van der Waals surface area contributed by atoms with Gasteiger partial charge in [0.15, 0.2) is 0 Å². The fraction of sp³-hybridized carbons (Fsp3) is 0.333. The fourth-order valence-corrected chi connectivity index (χ4v) is 3.31. The summed E-state index contributed by atoms with van der Waals surface area (Å²) in [6.07, 6.45) is 0.368. The molecule has 0 unspecified atom stereocenters. The molecule has 0 bridgehead atoms. The van der Waals surface area contributed by atoms with Gasteiger partial charge in [0, 0.05) is 6.04 Å². The van der Waals surface area contributed by atoms with E-state index in [-0.39, 0.29) is 18.0 Å². The molecule has 0 saturated carbocycles. The number of nitrogens with one attached hydrogen (secondary N) is 1. The lowest BCUT2D eigenvalue weighted by atomic mass is 9.90. The van der Waals surface area contributed by atoms with Crippen molar-refractivity contribution < 1.29 is 19.1 Å². The first-order chi connectivity index (χ1) is 11.2. The molecule has 1 heterocycles. The summed E-state index contributed by atoms with van der Waals surface area (Å²) in [4.78, 5) is 24.1. The van der Waals surface area contributed by atoms with Gasteiger partial charge in [-0.05, 0) is 22.8 Å². The highest BCUT2D eigenvalue weighted by Crippen LogP contribution is 2.37. The Balaban J connectivity index is 2.03. The zero-order valence-electron chi connectivity index (χ0n) is 13.1. The minimum Gasteiger partial charge on any atom is -0.469 e. The van der Waals surface area contributed by atoms with E-state index in [2.05, 4.69) is 5.32 Å². The lowest BCUT2D eigenvalue weighted by molar-refractivity contribution is -0.146. The molecule has 5 nitrogen and oxygen atoms in total. The topological polar surface area (TPSA) is 64.6 Å². The Morgan fingerprint density at radius 1 is 1.00 bits per heavy atom. The average molecular weight is 313 g/mol. The number of rotatable bonds is 3. The van der Waals surface area contributed by atoms with Gasteiger partial charge in [-0.15, -0.1) is 0 Å². The van der Waals surface area contributed by atoms with Crippen LogP contribution in [-0.2, 0) is 19.1 Å². The number of esters is 2. The molecule has 1 aliphatic rings. The summed E-state index contributed by atoms with van der Waals surface area (Å²) in [6.45, 7) is 0. The van der Waals surface area contributed by atoms with Crippen molar-refractivity contribution in [1.29, 1.82) is 0 Å². The van der Waals surface area contributed by atoms with E-state index >= 15 is 0 Å². The van der Waals surface area contributed by atoms with Crippen LogP contribution in [0.2, 0.25) is 0 Å². The molecule has 1 fully saturated rings. The van der Waals surface area contributed by atoms with Gasteiger partial charge in [0.2, 0.25) is 0 Å². The quantitative estimate of drug-likeness (QED) is 0.880. The number of hydrogen-bond acceptors (Lipinski definition) is 5. The second-order valence-corrected chi connectivity index (χ2v) is 5.65. The number of carbonyl (C=O) groups excluding carboxylic acids is 2. The predicted molar refractivity (Wildman–Crippen MR) is 85.8 cm³/mol. The van der Waals surface area contributed by atoms with Crippen LogP contribution in [0.5, 0.6) is 0 Å². The molecule has 0 aromatic heterocycles. The van der Waals surface area contributed by atoms with Crippen molar-refractivity contribution in [3.8, 4) is 0 Å². The van der Waals surface area contributed by atoms with Crippen molar-refractivity contribution in [3.63, 3.8) is 0 Å². The number of benzene rings is 2. The smallest absolute Gasteiger partial charge is 0.322 e. The van der Waals surface area contributed by atoms with Gasteiger partial charge in [-0.25, -0.2) is 0 Å². The van der Waals surface area contributed by atoms with Gasteiger partial charge in [0.25, 0.3) is 0 Å². The van der Waals surface area contributed by atoms with E-state index in [9.17, 15) is 9.59 Å². The standard InChI is InChI=1S/C18H19NO4/c1-22-17(20)14-10-15(18(21)23-2)19-16(14)13-9-5-7-11-6-3-4-8-12(11)13/h3-9,14-16,19H,10H2,1-2H3/t14-,15+,16+/m0/s1. The van der Waals surface area contributed by atoms with E-state index in [1.807, 2.05) is 42.5 Å². The highest BCUT2D eigenvalue weighted by atomic mass is 16.5. The molecule has 0 amide bonds. The molecule has 2 aromatic rings. The number of carbonyl (C=O) groups is 2. The Hall–Kier alpha value is -2.40. The molecule has 1 saturated heterocycles. The maximum atomic E-state index is 12.2. The molecular formula is C18H19NO4. The molecule has 3 atom stereocenters. The van der Waals surface area contributed by atoms with Crippen molar-refractivity contribution in [2.45, 2.75) is 18.5 Å². The number of fused-ring (bicyclic) bond motifs is 1. The number of ether oxygens (including phenoxy) is 2. The number of methoxy groups -OCH3 is 2. The lowest BCUT2D eigenvalue weighted by Crippen LogP contribution is -2.33. The molecule has 5 heteroatoms. The zero-order chi connectivity index (χ0) is 16.4. The van der Waals surface area contributed by atoms with Crippen LogP contribution in [0, 0.1) is 5.92 Å². The molecular weight excluding hydrogens is 294 g/mol. The van der Waals surface area contributed by atoms with Gasteiger partial charge in [-0.2, -0.15) is 0 Å². The zero-order valence-corrected chi connectivity index (χ0v) is 13.1. The minimum absolute atomic E-state index is 0.280. The molecule has 1 aliphatic heterocycles. The molecule has 2 aromatic carbocycles. The third-order valence-corrected chi connectivity index (χ3v) is 4.42. The summed E-state index contributed by atoms with van der Waals surface area (Å²) in [5.74, 6) is -1.10. The lowest BCUT2D eigenvalue weighted by Gasteiger charge is -2.20. The van der Waals surface area contributed by atoms with Crippen LogP contribution in [0.3, 0.4) is 0 Å². The van der Waals surface area contributed by atoms with Crippen LogP contribution in [-0.4, -0.2) is 32.2 Å². The van der Waals surface area contributed by atoms with Gasteiger partial charge in [-0.1, -0.05) is 42.5 Å². The van der Waals surface area contributed by atoms with Gasteiger partial charge in [-0.3, -0.25) is 14.9 Å². The highest BCUT2D eigenvalue weighted by molar-refractivity contribution is 5.88. The molecule has 120 valence electrons. The van der Waals surface area contributed by atoms with Gasteiger partial charge in [0.1, 0.15) is 6.04 Å². The van der Waals surface area contributed by atoms with Crippen molar-refractivity contribution >= 4 is 22.7 Å². The molecule has 3 rings (SSSR count). The third kappa shape index (κ3) is 2.80. The second kappa shape index (κ2) is 6.38. The predicted octanol–water partition coefficient (Wildman–Crippen LogP) is 2.21. The molecule has 23 heavy (non-hydrogen) atoms. The first-order valence-electron chi connectivity index (χ1n) is 7.55. The molecule has 1 N–H and O–H groups in total. The van der Waals surface area contributed by atoms with E-state index in [1.165, 1.54) is 14.2 Å². The van der Waals surface area contributed by atoms with Crippen LogP contribution in [0.4, 0.5) is 0 Å². The minimum atomic E-state index is -0.506. The molecule has 0 aliphatic carbocycles. The van der Waals surface area contributed by atoms with Crippen molar-refractivity contribution in [2.75, 3.05) is 14.2 Å². The molecule has 0 radical (unpaired) electrons. The maximum absolute atomic E-state index is 12.2. The van der Waals surface area contributed by atoms with E-state index in [0.717, 1.165) is 16.3 Å². The Bertz CT molecular complexity index is 737. The largest absolute Gasteiger partial charge is 0.469 e. The molecule has 0 spiro atoms. The summed E-state index contributed by atoms with van der Waals surface area (Å²) in [7, 11) is 2.72. The second-order valence-electron chi connectivity index (χ2n) is 5.65. The summed E-state index contributed by atoms with van der Waals surface area (Å²) in [5, 5.41) is 5.40. The Morgan fingerprint density at radius 2 is 1.70 bits per heavy atom. The highest BCUT2D eigenvalue weighted by Gasteiger charge is 2.43. The Kier molecular flexibility index (Phi) is 4.30. The van der Waals surface area contributed by atoms with Crippen LogP contribution >= 0.6 is 0 Å². The third-order valence-electron chi connectivity index (χ3n) is 4.42. The van der Waals surface area contributed by atoms with Crippen molar-refractivity contribution in [2.24, 2.45) is 5.92 Å². The SMILES string of the molecule is COC(=O)[C@H]1C[C@H](C(=O)OC)N[C@@H]1c1cccc2ccccc12. The van der Waals surface area contributed by atoms with E-state index in [0.29, 0.717) is 6.42 Å². The van der Waals surface area contributed by atoms with Gasteiger partial charge < -0.3 is 9.47 Å². The monoisotopic (exact) mass is 313 g/mol. The van der Waals surface area contributed by atoms with Crippen LogP contribution in [0.15, 0.2) is 42.5 Å². The van der Waals surface area contributed by atoms with Gasteiger partial charge in [0.05, 0.1) is 20.1 Å². The average Bonchev–Trinajstić information content (AvgIpc) is 3.05. The fourth-order valence-electron chi connectivity index (χ4n) is 3.31. The first-order valence-corrected chi connectivity index (χ1v) is 7.55. The van der Waals surface area contributed by atoms with Crippen LogP contribution in [0.25, 0.3) is 10.8 Å². The first kappa shape index (κ1) is 15.5. The normalized spacial score (nSPS) is 23.7. The summed E-state index contributed by atoms with van der Waals surface area (Å²) >= 11 is 0. The van der Waals surface area contributed by atoms with E-state index < -0.39 is 12.0 Å². The summed E-state index contributed by atoms with van der Waals surface area (Å²) in [5.41, 5.74) is 0.991. The maximum Gasteiger partial charge on any atom is 0.322 e. The Labute approximate surface area is 134 Å². The van der Waals surface area contributed by atoms with Gasteiger partial charge >= 0.3 is 11.9 Å². The summed E-state index contributed by atoms with van der Waals surface area (Å²) < 4.78 is 9.74. The Morgan fingerprint density at radius 3 is 2.43 bits per heavy atom. The summed E-state index contributed by atoms with van der Waals surface area (Å²) in [6, 6.07) is 13.2. The van der Waals surface area contributed by atoms with E-state index in [4.69, 9.17) is 9.47 Å². The van der Waals surface area contributed by atoms with E-state index in [1.54, 1.807) is 0 Å². The van der Waals surface area contributed by atoms with Crippen LogP contribution < -0.4 is 5.32 Å². The van der Waals surface area contributed by atoms with Crippen LogP contribution in [0.1, 0.15) is 18.0 Å². The van der Waals surface area contributed by atoms with Crippen molar-refractivity contribution in [1.82, 2.24) is 5.32 Å². The van der Waals surface area contributed by atoms with Crippen molar-refractivity contribution in [3.05, 3.63) is 48.0 Å². The number of hydrogen-bond donors (Lipinski definition) is 1.